The maximum atomic E-state index is 14.0. The number of rotatable bonds is 7. The number of Topliss-reactive ketones (excluding diaryl/α,β-unsaturated/α-hetero) is 1. The number of aliphatic hydroxyl groups excluding tert-OH is 1. The van der Waals surface area contributed by atoms with Crippen molar-refractivity contribution in [2.45, 2.75) is 38.8 Å². The smallest absolute Gasteiger partial charge is 0.290 e. The zero-order valence-corrected chi connectivity index (χ0v) is 23.7. The molecule has 0 bridgehead atoms. The van der Waals surface area contributed by atoms with Crippen LogP contribution in [-0.4, -0.2) is 35.9 Å². The fourth-order valence-electron chi connectivity index (χ4n) is 4.97. The van der Waals surface area contributed by atoms with Gasteiger partial charge in [-0.3, -0.25) is 9.59 Å². The van der Waals surface area contributed by atoms with Gasteiger partial charge in [0.15, 0.2) is 22.9 Å². The topological polar surface area (TPSA) is 89.2 Å². The standard InChI is InChI=1S/C32H30ClNO6/c1-32(2,3)21-10-8-19(9-11-21)27-26(28(35)24-15-20-14-22(33)16-25(39-5)30(20)40-24)29(36)31(37)34(27)17-18-6-12-23(38-4)13-7-18/h6-16,27,36H,17H2,1-5H3. The van der Waals surface area contributed by atoms with Crippen molar-refractivity contribution in [2.24, 2.45) is 0 Å². The summed E-state index contributed by atoms with van der Waals surface area (Å²) >= 11 is 6.21. The molecule has 40 heavy (non-hydrogen) atoms. The summed E-state index contributed by atoms with van der Waals surface area (Å²) in [5, 5.41) is 12.1. The van der Waals surface area contributed by atoms with Gasteiger partial charge in [-0.05, 0) is 46.4 Å². The van der Waals surface area contributed by atoms with Crippen molar-refractivity contribution >= 4 is 34.3 Å². The zero-order chi connectivity index (χ0) is 28.8. The number of hydrogen-bond acceptors (Lipinski definition) is 6. The van der Waals surface area contributed by atoms with E-state index in [1.165, 1.54) is 12.0 Å². The van der Waals surface area contributed by atoms with Crippen LogP contribution in [0.3, 0.4) is 0 Å². The third kappa shape index (κ3) is 4.93. The molecule has 0 radical (unpaired) electrons. The summed E-state index contributed by atoms with van der Waals surface area (Å²) in [6, 6.07) is 19.0. The van der Waals surface area contributed by atoms with Crippen LogP contribution in [0.4, 0.5) is 0 Å². The van der Waals surface area contributed by atoms with Gasteiger partial charge < -0.3 is 23.9 Å². The van der Waals surface area contributed by atoms with Crippen molar-refractivity contribution in [1.29, 1.82) is 0 Å². The summed E-state index contributed by atoms with van der Waals surface area (Å²) in [5.74, 6) is -0.815. The molecule has 0 fully saturated rings. The average Bonchev–Trinajstić information content (AvgIpc) is 3.47. The van der Waals surface area contributed by atoms with Crippen molar-refractivity contribution in [2.75, 3.05) is 14.2 Å². The molecule has 2 heterocycles. The monoisotopic (exact) mass is 559 g/mol. The molecule has 1 amide bonds. The Morgan fingerprint density at radius 2 is 1.68 bits per heavy atom. The number of methoxy groups -OCH3 is 2. The Labute approximate surface area is 237 Å². The molecule has 0 spiro atoms. The molecular formula is C32H30ClNO6. The molecule has 4 aromatic rings. The van der Waals surface area contributed by atoms with Gasteiger partial charge in [-0.15, -0.1) is 0 Å². The van der Waals surface area contributed by atoms with Crippen molar-refractivity contribution in [1.82, 2.24) is 4.90 Å². The van der Waals surface area contributed by atoms with Crippen LogP contribution in [0, 0.1) is 0 Å². The third-order valence-corrected chi connectivity index (χ3v) is 7.36. The predicted molar refractivity (Wildman–Crippen MR) is 153 cm³/mol. The fraction of sp³-hybridized carbons (Fsp3) is 0.250. The SMILES string of the molecule is COc1ccc(CN2C(=O)C(O)=C(C(=O)c3cc4cc(Cl)cc(OC)c4o3)C2c2ccc(C(C)(C)C)cc2)cc1. The van der Waals surface area contributed by atoms with E-state index in [4.69, 9.17) is 25.5 Å². The van der Waals surface area contributed by atoms with E-state index in [1.54, 1.807) is 37.4 Å². The Morgan fingerprint density at radius 1 is 1.00 bits per heavy atom. The zero-order valence-electron chi connectivity index (χ0n) is 22.9. The second kappa shape index (κ2) is 10.4. The normalized spacial score (nSPS) is 15.7. The number of aliphatic hydroxyl groups is 1. The van der Waals surface area contributed by atoms with E-state index in [-0.39, 0.29) is 23.3 Å². The first-order valence-corrected chi connectivity index (χ1v) is 13.2. The Balaban J connectivity index is 1.60. The first-order chi connectivity index (χ1) is 19.0. The Hall–Kier alpha value is -4.23. The highest BCUT2D eigenvalue weighted by Crippen LogP contribution is 2.42. The molecule has 1 aliphatic rings. The first kappa shape index (κ1) is 27.3. The number of ether oxygens (including phenoxy) is 2. The highest BCUT2D eigenvalue weighted by molar-refractivity contribution is 6.31. The lowest BCUT2D eigenvalue weighted by Crippen LogP contribution is -2.30. The minimum Gasteiger partial charge on any atom is -0.503 e. The number of carbonyl (C=O) groups is 2. The van der Waals surface area contributed by atoms with Crippen LogP contribution in [0.5, 0.6) is 11.5 Å². The van der Waals surface area contributed by atoms with Crippen LogP contribution in [0.15, 0.2) is 82.5 Å². The van der Waals surface area contributed by atoms with Crippen molar-refractivity contribution in [3.8, 4) is 11.5 Å². The molecule has 1 N–H and O–H groups in total. The van der Waals surface area contributed by atoms with E-state index >= 15 is 0 Å². The van der Waals surface area contributed by atoms with Crippen molar-refractivity contribution in [3.05, 3.63) is 106 Å². The molecule has 0 saturated carbocycles. The lowest BCUT2D eigenvalue weighted by atomic mass is 9.85. The van der Waals surface area contributed by atoms with E-state index in [0.29, 0.717) is 33.1 Å². The van der Waals surface area contributed by atoms with Crippen LogP contribution >= 0.6 is 11.6 Å². The lowest BCUT2D eigenvalue weighted by molar-refractivity contribution is -0.130. The van der Waals surface area contributed by atoms with Gasteiger partial charge in [-0.1, -0.05) is 68.8 Å². The van der Waals surface area contributed by atoms with Gasteiger partial charge in [0, 0.05) is 23.0 Å². The summed E-state index contributed by atoms with van der Waals surface area (Å²) in [5.41, 5.74) is 2.82. The number of amides is 1. The minimum absolute atomic E-state index is 0.0347. The maximum absolute atomic E-state index is 14.0. The van der Waals surface area contributed by atoms with Crippen LogP contribution in [0.1, 0.15) is 54.1 Å². The van der Waals surface area contributed by atoms with Gasteiger partial charge in [0.05, 0.1) is 25.8 Å². The highest BCUT2D eigenvalue weighted by Gasteiger charge is 2.44. The fourth-order valence-corrected chi connectivity index (χ4v) is 5.19. The van der Waals surface area contributed by atoms with E-state index < -0.39 is 23.5 Å². The molecule has 1 atom stereocenters. The molecule has 3 aromatic carbocycles. The Kier molecular flexibility index (Phi) is 7.10. The van der Waals surface area contributed by atoms with Crippen molar-refractivity contribution < 1.29 is 28.6 Å². The molecule has 0 saturated heterocycles. The van der Waals surface area contributed by atoms with E-state index in [0.717, 1.165) is 11.1 Å². The quantitative estimate of drug-likeness (QED) is 0.241. The number of hydrogen-bond donors (Lipinski definition) is 1. The molecule has 1 aliphatic heterocycles. The number of furan rings is 1. The molecule has 1 aromatic heterocycles. The number of ketones is 1. The number of fused-ring (bicyclic) bond motifs is 1. The van der Waals surface area contributed by atoms with Gasteiger partial charge in [0.2, 0.25) is 5.78 Å². The summed E-state index contributed by atoms with van der Waals surface area (Å²) in [6.45, 7) is 6.50. The summed E-state index contributed by atoms with van der Waals surface area (Å²) in [7, 11) is 3.06. The van der Waals surface area contributed by atoms with E-state index in [1.807, 2.05) is 36.4 Å². The first-order valence-electron chi connectivity index (χ1n) is 12.8. The van der Waals surface area contributed by atoms with Crippen LogP contribution in [0.25, 0.3) is 11.0 Å². The van der Waals surface area contributed by atoms with Gasteiger partial charge in [0.25, 0.3) is 5.91 Å². The number of carbonyl (C=O) groups excluding carboxylic acids is 2. The third-order valence-electron chi connectivity index (χ3n) is 7.14. The second-order valence-corrected chi connectivity index (χ2v) is 11.2. The van der Waals surface area contributed by atoms with Gasteiger partial charge in [-0.2, -0.15) is 0 Å². The molecule has 1 unspecified atom stereocenters. The molecule has 5 rings (SSSR count). The van der Waals surface area contributed by atoms with Gasteiger partial charge >= 0.3 is 0 Å². The van der Waals surface area contributed by atoms with Crippen LogP contribution in [-0.2, 0) is 16.8 Å². The summed E-state index contributed by atoms with van der Waals surface area (Å²) in [6.07, 6.45) is 0. The maximum Gasteiger partial charge on any atom is 0.290 e. The number of halogens is 1. The van der Waals surface area contributed by atoms with E-state index in [9.17, 15) is 14.7 Å². The molecular weight excluding hydrogens is 530 g/mol. The highest BCUT2D eigenvalue weighted by atomic mass is 35.5. The summed E-state index contributed by atoms with van der Waals surface area (Å²) < 4.78 is 16.5. The van der Waals surface area contributed by atoms with E-state index in [2.05, 4.69) is 20.8 Å². The molecule has 206 valence electrons. The predicted octanol–water partition coefficient (Wildman–Crippen LogP) is 7.18. The Bertz CT molecular complexity index is 1630. The summed E-state index contributed by atoms with van der Waals surface area (Å²) in [4.78, 5) is 28.9. The van der Waals surface area contributed by atoms with Gasteiger partial charge in [0.1, 0.15) is 5.75 Å². The average molecular weight is 560 g/mol. The number of benzene rings is 3. The number of nitrogens with zero attached hydrogens (tertiary/aromatic N) is 1. The molecule has 7 nitrogen and oxygen atoms in total. The van der Waals surface area contributed by atoms with Crippen LogP contribution < -0.4 is 9.47 Å². The molecule has 8 heteroatoms. The second-order valence-electron chi connectivity index (χ2n) is 10.8. The minimum atomic E-state index is -0.838. The van der Waals surface area contributed by atoms with Crippen LogP contribution in [0.2, 0.25) is 5.02 Å². The molecule has 0 aliphatic carbocycles. The Morgan fingerprint density at radius 3 is 2.27 bits per heavy atom. The largest absolute Gasteiger partial charge is 0.503 e. The lowest BCUT2D eigenvalue weighted by Gasteiger charge is -2.28. The van der Waals surface area contributed by atoms with Gasteiger partial charge in [-0.25, -0.2) is 0 Å². The van der Waals surface area contributed by atoms with Crippen molar-refractivity contribution in [3.63, 3.8) is 0 Å².